The van der Waals surface area contributed by atoms with E-state index in [0.717, 1.165) is 31.5 Å². The van der Waals surface area contributed by atoms with E-state index in [9.17, 15) is 14.4 Å². The molecular weight excluding hydrogens is 370 g/mol. The van der Waals surface area contributed by atoms with Crippen LogP contribution in [-0.4, -0.2) is 81.9 Å². The summed E-state index contributed by atoms with van der Waals surface area (Å²) in [6.45, 7) is 6.56. The summed E-state index contributed by atoms with van der Waals surface area (Å²) in [6.07, 6.45) is 3.65. The monoisotopic (exact) mass is 397 g/mol. The van der Waals surface area contributed by atoms with E-state index < -0.39 is 0 Å². The zero-order chi connectivity index (χ0) is 20.4. The fourth-order valence-electron chi connectivity index (χ4n) is 4.11. The Bertz CT molecular complexity index is 972. The van der Waals surface area contributed by atoms with E-state index in [1.54, 1.807) is 11.0 Å². The van der Waals surface area contributed by atoms with E-state index in [4.69, 9.17) is 0 Å². The van der Waals surface area contributed by atoms with E-state index in [1.165, 1.54) is 10.9 Å². The van der Waals surface area contributed by atoms with Gasteiger partial charge in [-0.3, -0.25) is 23.9 Å². The molecule has 0 saturated carbocycles. The van der Waals surface area contributed by atoms with Crippen molar-refractivity contribution >= 4 is 22.7 Å². The molecule has 2 aliphatic heterocycles. The van der Waals surface area contributed by atoms with Crippen LogP contribution in [0.4, 0.5) is 0 Å². The van der Waals surface area contributed by atoms with Gasteiger partial charge in [0.15, 0.2) is 0 Å². The molecule has 4 rings (SSSR count). The lowest BCUT2D eigenvalue weighted by Crippen LogP contribution is -2.52. The van der Waals surface area contributed by atoms with Crippen molar-refractivity contribution in [3.63, 3.8) is 0 Å². The number of hydrogen-bond acceptors (Lipinski definition) is 5. The first-order chi connectivity index (χ1) is 14.0. The number of carbonyl (C=O) groups is 2. The second kappa shape index (κ2) is 8.32. The summed E-state index contributed by atoms with van der Waals surface area (Å²) < 4.78 is 1.38. The van der Waals surface area contributed by atoms with Gasteiger partial charge in [-0.1, -0.05) is 12.1 Å². The van der Waals surface area contributed by atoms with E-state index in [-0.39, 0.29) is 23.9 Å². The van der Waals surface area contributed by atoms with Crippen LogP contribution in [0.5, 0.6) is 0 Å². The first kappa shape index (κ1) is 19.6. The summed E-state index contributed by atoms with van der Waals surface area (Å²) in [6, 6.07) is 5.49. The van der Waals surface area contributed by atoms with Crippen LogP contribution >= 0.6 is 0 Å². The molecule has 0 unspecified atom stereocenters. The Balaban J connectivity index is 1.34. The molecule has 1 aromatic heterocycles. The van der Waals surface area contributed by atoms with Crippen LogP contribution in [0.3, 0.4) is 0 Å². The molecule has 3 heterocycles. The third-order valence-corrected chi connectivity index (χ3v) is 5.90. The number of fused-ring (bicyclic) bond motifs is 1. The standard InChI is InChI=1S/C21H27N5O3/c1-16-5-4-6-17-20(16)22-15-26(21(17)29)14-19(28)25-11-9-23(10-12-25)13-18(27)24-7-2-3-8-24/h4-6,15H,2-3,7-14H2,1H3. The van der Waals surface area contributed by atoms with Crippen molar-refractivity contribution in [2.24, 2.45) is 0 Å². The Hall–Kier alpha value is -2.74. The molecule has 0 radical (unpaired) electrons. The van der Waals surface area contributed by atoms with Gasteiger partial charge in [-0.15, -0.1) is 0 Å². The van der Waals surface area contributed by atoms with Gasteiger partial charge in [0.05, 0.1) is 23.8 Å². The minimum absolute atomic E-state index is 0.0115. The predicted molar refractivity (Wildman–Crippen MR) is 110 cm³/mol. The summed E-state index contributed by atoms with van der Waals surface area (Å²) in [5.41, 5.74) is 1.43. The molecule has 0 atom stereocenters. The Morgan fingerprint density at radius 3 is 2.31 bits per heavy atom. The molecule has 8 heteroatoms. The summed E-state index contributed by atoms with van der Waals surface area (Å²) in [7, 11) is 0. The van der Waals surface area contributed by atoms with Crippen molar-refractivity contribution in [3.05, 3.63) is 40.4 Å². The SMILES string of the molecule is Cc1cccc2c(=O)n(CC(=O)N3CCN(CC(=O)N4CCCC4)CC3)cnc12. The second-order valence-corrected chi connectivity index (χ2v) is 7.89. The Morgan fingerprint density at radius 2 is 1.59 bits per heavy atom. The highest BCUT2D eigenvalue weighted by Gasteiger charge is 2.25. The molecule has 0 spiro atoms. The molecular formula is C21H27N5O3. The highest BCUT2D eigenvalue weighted by molar-refractivity contribution is 5.81. The lowest BCUT2D eigenvalue weighted by atomic mass is 10.1. The highest BCUT2D eigenvalue weighted by atomic mass is 16.2. The minimum atomic E-state index is -0.193. The van der Waals surface area contributed by atoms with E-state index in [2.05, 4.69) is 9.88 Å². The van der Waals surface area contributed by atoms with Crippen LogP contribution in [0.2, 0.25) is 0 Å². The van der Waals surface area contributed by atoms with E-state index in [0.29, 0.717) is 43.6 Å². The van der Waals surface area contributed by atoms with Gasteiger partial charge in [0.2, 0.25) is 11.8 Å². The summed E-state index contributed by atoms with van der Waals surface area (Å²) in [5, 5.41) is 0.533. The summed E-state index contributed by atoms with van der Waals surface area (Å²) in [4.78, 5) is 47.9. The Kier molecular flexibility index (Phi) is 5.62. The average Bonchev–Trinajstić information content (AvgIpc) is 3.26. The van der Waals surface area contributed by atoms with Crippen LogP contribution in [0.15, 0.2) is 29.3 Å². The topological polar surface area (TPSA) is 78.8 Å². The maximum absolute atomic E-state index is 12.7. The molecule has 154 valence electrons. The van der Waals surface area contributed by atoms with Crippen molar-refractivity contribution in [2.45, 2.75) is 26.3 Å². The summed E-state index contributed by atoms with van der Waals surface area (Å²) in [5.74, 6) is 0.0952. The normalized spacial score (nSPS) is 17.8. The number of aryl methyl sites for hydroxylation is 1. The zero-order valence-electron chi connectivity index (χ0n) is 16.8. The molecule has 2 fully saturated rings. The quantitative estimate of drug-likeness (QED) is 0.750. The largest absolute Gasteiger partial charge is 0.342 e. The highest BCUT2D eigenvalue weighted by Crippen LogP contribution is 2.12. The van der Waals surface area contributed by atoms with E-state index >= 15 is 0 Å². The van der Waals surface area contributed by atoms with E-state index in [1.807, 2.05) is 24.0 Å². The van der Waals surface area contributed by atoms with Gasteiger partial charge in [-0.05, 0) is 31.4 Å². The van der Waals surface area contributed by atoms with Crippen LogP contribution in [0, 0.1) is 6.92 Å². The van der Waals surface area contributed by atoms with Gasteiger partial charge >= 0.3 is 0 Å². The van der Waals surface area contributed by atoms with Gasteiger partial charge < -0.3 is 9.80 Å². The van der Waals surface area contributed by atoms with Gasteiger partial charge in [0, 0.05) is 39.3 Å². The van der Waals surface area contributed by atoms with Gasteiger partial charge in [-0.25, -0.2) is 4.98 Å². The maximum atomic E-state index is 12.7. The first-order valence-corrected chi connectivity index (χ1v) is 10.3. The number of carbonyl (C=O) groups excluding carboxylic acids is 2. The number of para-hydroxylation sites is 1. The Labute approximate surface area is 169 Å². The second-order valence-electron chi connectivity index (χ2n) is 7.89. The van der Waals surface area contributed by atoms with Crippen molar-refractivity contribution in [1.29, 1.82) is 0 Å². The molecule has 8 nitrogen and oxygen atoms in total. The molecule has 0 N–H and O–H groups in total. The van der Waals surface area contributed by atoms with Crippen LogP contribution in [-0.2, 0) is 16.1 Å². The number of hydrogen-bond donors (Lipinski definition) is 0. The molecule has 0 aliphatic carbocycles. The fourth-order valence-corrected chi connectivity index (χ4v) is 4.11. The zero-order valence-corrected chi connectivity index (χ0v) is 16.8. The van der Waals surface area contributed by atoms with Crippen molar-refractivity contribution < 1.29 is 9.59 Å². The molecule has 0 bridgehead atoms. The van der Waals surface area contributed by atoms with Crippen molar-refractivity contribution in [3.8, 4) is 0 Å². The van der Waals surface area contributed by atoms with Crippen LogP contribution in [0.25, 0.3) is 10.9 Å². The molecule has 1 aromatic carbocycles. The lowest BCUT2D eigenvalue weighted by Gasteiger charge is -2.35. The fraction of sp³-hybridized carbons (Fsp3) is 0.524. The number of amides is 2. The number of aromatic nitrogens is 2. The number of benzene rings is 1. The third kappa shape index (κ3) is 4.17. The van der Waals surface area contributed by atoms with Crippen molar-refractivity contribution in [2.75, 3.05) is 45.8 Å². The van der Waals surface area contributed by atoms with Crippen molar-refractivity contribution in [1.82, 2.24) is 24.3 Å². The van der Waals surface area contributed by atoms with Gasteiger partial charge in [0.1, 0.15) is 6.54 Å². The third-order valence-electron chi connectivity index (χ3n) is 5.90. The summed E-state index contributed by atoms with van der Waals surface area (Å²) >= 11 is 0. The predicted octanol–water partition coefficient (Wildman–Crippen LogP) is 0.472. The number of likely N-dealkylation sites (tertiary alicyclic amines) is 1. The molecule has 2 saturated heterocycles. The van der Waals surface area contributed by atoms with Crippen LogP contribution < -0.4 is 5.56 Å². The minimum Gasteiger partial charge on any atom is -0.342 e. The maximum Gasteiger partial charge on any atom is 0.261 e. The number of nitrogens with zero attached hydrogens (tertiary/aromatic N) is 5. The van der Waals surface area contributed by atoms with Gasteiger partial charge in [0.25, 0.3) is 5.56 Å². The lowest BCUT2D eigenvalue weighted by molar-refractivity contribution is -0.135. The Morgan fingerprint density at radius 1 is 0.931 bits per heavy atom. The van der Waals surface area contributed by atoms with Gasteiger partial charge in [-0.2, -0.15) is 0 Å². The first-order valence-electron chi connectivity index (χ1n) is 10.3. The smallest absolute Gasteiger partial charge is 0.261 e. The molecule has 2 aromatic rings. The molecule has 29 heavy (non-hydrogen) atoms. The van der Waals surface area contributed by atoms with Crippen LogP contribution in [0.1, 0.15) is 18.4 Å². The molecule has 2 aliphatic rings. The molecule has 2 amide bonds. The number of rotatable bonds is 4. The average molecular weight is 397 g/mol. The number of piperazine rings is 1.